The highest BCUT2D eigenvalue weighted by atomic mass is 16.6. The van der Waals surface area contributed by atoms with E-state index in [1.165, 1.54) is 0 Å². The van der Waals surface area contributed by atoms with Gasteiger partial charge in [-0.3, -0.25) is 10.1 Å². The van der Waals surface area contributed by atoms with Gasteiger partial charge in [-0.2, -0.15) is 4.99 Å². The third kappa shape index (κ3) is 10.1. The van der Waals surface area contributed by atoms with E-state index < -0.39 is 23.4 Å². The number of benzene rings is 1. The van der Waals surface area contributed by atoms with Crippen molar-refractivity contribution in [2.24, 2.45) is 4.99 Å². The topological polar surface area (TPSA) is 94.1 Å². The van der Waals surface area contributed by atoms with Crippen LogP contribution in [0, 0.1) is 0 Å². The second-order valence-electron chi connectivity index (χ2n) is 7.95. The Kier molecular flexibility index (Phi) is 7.69. The van der Waals surface area contributed by atoms with E-state index in [4.69, 9.17) is 9.47 Å². The second-order valence-corrected chi connectivity index (χ2v) is 7.95. The van der Waals surface area contributed by atoms with Crippen molar-refractivity contribution in [2.75, 3.05) is 0 Å². The molecule has 1 aromatic carbocycles. The first kappa shape index (κ1) is 22.3. The fraction of sp³-hybridized carbons (Fsp3) is 0.500. The summed E-state index contributed by atoms with van der Waals surface area (Å²) in [7, 11) is 0. The van der Waals surface area contributed by atoms with Crippen molar-refractivity contribution in [2.45, 2.75) is 65.6 Å². The molecule has 1 aromatic rings. The molecule has 2 amide bonds. The molecular formula is C20H28N2O5. The molecule has 0 aliphatic rings. The molecule has 0 radical (unpaired) electrons. The minimum absolute atomic E-state index is 0.0165. The summed E-state index contributed by atoms with van der Waals surface area (Å²) in [6.45, 7) is 10.3. The highest BCUT2D eigenvalue weighted by molar-refractivity contribution is 6.03. The smallest absolute Gasteiger partial charge is 0.435 e. The summed E-state index contributed by atoms with van der Waals surface area (Å²) in [5.41, 5.74) is -0.885. The van der Waals surface area contributed by atoms with Crippen LogP contribution in [0.2, 0.25) is 0 Å². The first-order valence-electron chi connectivity index (χ1n) is 8.74. The molecular weight excluding hydrogens is 348 g/mol. The van der Waals surface area contributed by atoms with Crippen molar-refractivity contribution in [1.82, 2.24) is 5.32 Å². The van der Waals surface area contributed by atoms with Gasteiger partial charge in [0, 0.05) is 18.4 Å². The molecule has 0 saturated heterocycles. The van der Waals surface area contributed by atoms with Crippen LogP contribution >= 0.6 is 0 Å². The van der Waals surface area contributed by atoms with Crippen molar-refractivity contribution in [3.8, 4) is 0 Å². The number of alkyl carbamates (subject to hydrolysis) is 1. The Hall–Kier alpha value is -2.70. The van der Waals surface area contributed by atoms with E-state index in [0.29, 0.717) is 5.56 Å². The summed E-state index contributed by atoms with van der Waals surface area (Å²) in [6, 6.07) is 8.75. The number of ether oxygens (including phenoxy) is 2. The van der Waals surface area contributed by atoms with E-state index >= 15 is 0 Å². The van der Waals surface area contributed by atoms with Gasteiger partial charge >= 0.3 is 12.2 Å². The van der Waals surface area contributed by atoms with E-state index in [-0.39, 0.29) is 24.5 Å². The van der Waals surface area contributed by atoms with Crippen molar-refractivity contribution >= 4 is 23.8 Å². The van der Waals surface area contributed by atoms with Crippen LogP contribution in [-0.2, 0) is 9.47 Å². The maximum absolute atomic E-state index is 12.3. The van der Waals surface area contributed by atoms with Gasteiger partial charge in [-0.1, -0.05) is 30.3 Å². The van der Waals surface area contributed by atoms with Crippen LogP contribution in [0.5, 0.6) is 0 Å². The van der Waals surface area contributed by atoms with Crippen LogP contribution < -0.4 is 5.32 Å². The Bertz CT molecular complexity index is 697. The number of nitrogens with one attached hydrogen (secondary N) is 1. The lowest BCUT2D eigenvalue weighted by Gasteiger charge is -2.20. The average Bonchev–Trinajstić information content (AvgIpc) is 2.49. The zero-order chi connectivity index (χ0) is 20.7. The minimum Gasteiger partial charge on any atom is -0.444 e. The van der Waals surface area contributed by atoms with Crippen LogP contribution in [0.4, 0.5) is 9.59 Å². The van der Waals surface area contributed by atoms with Crippen LogP contribution in [0.15, 0.2) is 35.3 Å². The number of hydrogen-bond acceptors (Lipinski definition) is 5. The van der Waals surface area contributed by atoms with Gasteiger partial charge in [-0.05, 0) is 41.5 Å². The van der Waals surface area contributed by atoms with Gasteiger partial charge < -0.3 is 9.47 Å². The summed E-state index contributed by atoms with van der Waals surface area (Å²) >= 11 is 0. The molecule has 0 saturated carbocycles. The Morgan fingerprint density at radius 2 is 1.44 bits per heavy atom. The molecule has 7 heteroatoms. The zero-order valence-electron chi connectivity index (χ0n) is 16.8. The first-order chi connectivity index (χ1) is 12.4. The summed E-state index contributed by atoms with van der Waals surface area (Å²) in [4.78, 5) is 40.0. The summed E-state index contributed by atoms with van der Waals surface area (Å²) in [5, 5.41) is 2.43. The molecule has 27 heavy (non-hydrogen) atoms. The van der Waals surface area contributed by atoms with E-state index in [9.17, 15) is 14.4 Å². The van der Waals surface area contributed by atoms with Gasteiger partial charge in [-0.15, -0.1) is 0 Å². The van der Waals surface area contributed by atoms with Crippen molar-refractivity contribution in [3.05, 3.63) is 35.9 Å². The van der Waals surface area contributed by atoms with E-state index in [1.54, 1.807) is 65.8 Å². The number of hydrogen-bond donors (Lipinski definition) is 1. The standard InChI is InChI=1S/C20H28N2O5/c1-19(2,3)26-17(24)21-16(22-18(25)27-20(4,5)6)13-12-15(23)14-10-8-7-9-11-14/h7-11H,12-13H2,1-6H3,(H,21,22,24,25). The molecule has 148 valence electrons. The molecule has 0 aromatic heterocycles. The fourth-order valence-corrected chi connectivity index (χ4v) is 1.96. The van der Waals surface area contributed by atoms with E-state index in [0.717, 1.165) is 0 Å². The summed E-state index contributed by atoms with van der Waals surface area (Å²) in [6.07, 6.45) is -1.47. The maximum atomic E-state index is 12.3. The monoisotopic (exact) mass is 376 g/mol. The lowest BCUT2D eigenvalue weighted by Crippen LogP contribution is -2.37. The molecule has 1 rings (SSSR count). The van der Waals surface area contributed by atoms with Gasteiger partial charge in [-0.25, -0.2) is 9.59 Å². The molecule has 0 bridgehead atoms. The van der Waals surface area contributed by atoms with Crippen molar-refractivity contribution in [1.29, 1.82) is 0 Å². The van der Waals surface area contributed by atoms with Crippen LogP contribution in [0.1, 0.15) is 64.7 Å². The highest BCUT2D eigenvalue weighted by Gasteiger charge is 2.20. The Labute approximate surface area is 160 Å². The number of amidine groups is 1. The average molecular weight is 376 g/mol. The number of carbonyl (C=O) groups excluding carboxylic acids is 3. The van der Waals surface area contributed by atoms with Gasteiger partial charge in [0.05, 0.1) is 0 Å². The van der Waals surface area contributed by atoms with Gasteiger partial charge in [0.2, 0.25) is 0 Å². The van der Waals surface area contributed by atoms with Gasteiger partial charge in [0.25, 0.3) is 0 Å². The predicted molar refractivity (Wildman–Crippen MR) is 103 cm³/mol. The molecule has 0 spiro atoms. The molecule has 0 aliphatic heterocycles. The number of carbonyl (C=O) groups is 3. The molecule has 0 unspecified atom stereocenters. The molecule has 0 aliphatic carbocycles. The highest BCUT2D eigenvalue weighted by Crippen LogP contribution is 2.11. The molecule has 0 atom stereocenters. The largest absolute Gasteiger partial charge is 0.444 e. The number of Topliss-reactive ketones (excluding diaryl/α,β-unsaturated/α-hetero) is 1. The number of amides is 2. The zero-order valence-corrected chi connectivity index (χ0v) is 16.8. The van der Waals surface area contributed by atoms with Crippen molar-refractivity contribution in [3.63, 3.8) is 0 Å². The minimum atomic E-state index is -0.847. The first-order valence-corrected chi connectivity index (χ1v) is 8.74. The summed E-state index contributed by atoms with van der Waals surface area (Å²) in [5.74, 6) is -0.110. The number of rotatable bonds is 4. The normalized spacial score (nSPS) is 12.3. The second kappa shape index (κ2) is 9.30. The third-order valence-corrected chi connectivity index (χ3v) is 2.95. The number of nitrogens with zero attached hydrogens (tertiary/aromatic N) is 1. The lowest BCUT2D eigenvalue weighted by molar-refractivity contribution is 0.0560. The van der Waals surface area contributed by atoms with Crippen LogP contribution in [-0.4, -0.2) is 35.0 Å². The van der Waals surface area contributed by atoms with Gasteiger partial charge in [0.1, 0.15) is 17.0 Å². The Morgan fingerprint density at radius 3 is 1.96 bits per heavy atom. The predicted octanol–water partition coefficient (Wildman–Crippen LogP) is 4.51. The van der Waals surface area contributed by atoms with E-state index in [1.807, 2.05) is 6.07 Å². The maximum Gasteiger partial charge on any atom is 0.435 e. The lowest BCUT2D eigenvalue weighted by atomic mass is 10.1. The SMILES string of the molecule is CC(C)(C)OC(=O)N=C(CCC(=O)c1ccccc1)NC(=O)OC(C)(C)C. The van der Waals surface area contributed by atoms with E-state index in [2.05, 4.69) is 10.3 Å². The third-order valence-electron chi connectivity index (χ3n) is 2.95. The van der Waals surface area contributed by atoms with Gasteiger partial charge in [0.15, 0.2) is 5.78 Å². The fourth-order valence-electron chi connectivity index (χ4n) is 1.96. The number of ketones is 1. The molecule has 1 N–H and O–H groups in total. The van der Waals surface area contributed by atoms with Crippen molar-refractivity contribution < 1.29 is 23.9 Å². The number of aliphatic imine (C=N–C) groups is 1. The Balaban J connectivity index is 2.85. The molecule has 0 heterocycles. The molecule has 7 nitrogen and oxygen atoms in total. The van der Waals surface area contributed by atoms with Crippen LogP contribution in [0.25, 0.3) is 0 Å². The Morgan fingerprint density at radius 1 is 0.889 bits per heavy atom. The molecule has 0 fully saturated rings. The van der Waals surface area contributed by atoms with Crippen LogP contribution in [0.3, 0.4) is 0 Å². The summed E-state index contributed by atoms with van der Waals surface area (Å²) < 4.78 is 10.3. The quantitative estimate of drug-likeness (QED) is 0.474.